The van der Waals surface area contributed by atoms with Gasteiger partial charge >= 0.3 is 12.0 Å². The van der Waals surface area contributed by atoms with Crippen molar-refractivity contribution >= 4 is 12.0 Å². The zero-order valence-electron chi connectivity index (χ0n) is 10.7. The summed E-state index contributed by atoms with van der Waals surface area (Å²) < 4.78 is 0. The van der Waals surface area contributed by atoms with Crippen LogP contribution in [0.4, 0.5) is 4.79 Å². The average molecular weight is 258 g/mol. The summed E-state index contributed by atoms with van der Waals surface area (Å²) in [6.45, 7) is 2.16. The highest BCUT2D eigenvalue weighted by molar-refractivity contribution is 5.82. The van der Waals surface area contributed by atoms with Crippen LogP contribution >= 0.6 is 0 Å². The molecule has 1 saturated carbocycles. The Hall–Kier alpha value is -1.30. The van der Waals surface area contributed by atoms with Crippen molar-refractivity contribution in [3.8, 4) is 0 Å². The second-order valence-corrected chi connectivity index (χ2v) is 5.07. The van der Waals surface area contributed by atoms with E-state index in [2.05, 4.69) is 17.6 Å². The molecule has 104 valence electrons. The molecule has 2 amide bonds. The number of aliphatic hydroxyl groups is 1. The van der Waals surface area contributed by atoms with Gasteiger partial charge in [0.25, 0.3) is 0 Å². The van der Waals surface area contributed by atoms with Crippen molar-refractivity contribution in [3.63, 3.8) is 0 Å². The van der Waals surface area contributed by atoms with Crippen LogP contribution in [0.25, 0.3) is 0 Å². The van der Waals surface area contributed by atoms with E-state index in [4.69, 9.17) is 10.2 Å². The molecule has 0 aromatic heterocycles. The zero-order chi connectivity index (χ0) is 13.5. The summed E-state index contributed by atoms with van der Waals surface area (Å²) in [5, 5.41) is 22.3. The first kappa shape index (κ1) is 14.8. The van der Waals surface area contributed by atoms with Crippen LogP contribution in [0, 0.1) is 11.8 Å². The molecule has 0 spiro atoms. The maximum Gasteiger partial charge on any atom is 0.328 e. The van der Waals surface area contributed by atoms with Crippen LogP contribution < -0.4 is 10.6 Å². The molecule has 0 aliphatic heterocycles. The summed E-state index contributed by atoms with van der Waals surface area (Å²) >= 11 is 0. The number of aliphatic hydroxyl groups excluding tert-OH is 1. The number of rotatable bonds is 5. The number of amides is 2. The quantitative estimate of drug-likeness (QED) is 0.579. The number of hydrogen-bond donors (Lipinski definition) is 4. The predicted molar refractivity (Wildman–Crippen MR) is 66.2 cm³/mol. The molecule has 0 aromatic carbocycles. The Labute approximate surface area is 107 Å². The van der Waals surface area contributed by atoms with Gasteiger partial charge in [-0.05, 0) is 24.7 Å². The zero-order valence-corrected chi connectivity index (χ0v) is 10.7. The maximum absolute atomic E-state index is 11.4. The van der Waals surface area contributed by atoms with Crippen molar-refractivity contribution in [2.75, 3.05) is 13.2 Å². The fourth-order valence-electron chi connectivity index (χ4n) is 2.38. The van der Waals surface area contributed by atoms with Crippen LogP contribution in [-0.4, -0.2) is 41.4 Å². The highest BCUT2D eigenvalue weighted by Crippen LogP contribution is 2.27. The van der Waals surface area contributed by atoms with Gasteiger partial charge in [0.05, 0.1) is 6.61 Å². The van der Waals surface area contributed by atoms with Gasteiger partial charge < -0.3 is 20.8 Å². The third-order valence-corrected chi connectivity index (χ3v) is 3.38. The van der Waals surface area contributed by atoms with Gasteiger partial charge in [-0.25, -0.2) is 9.59 Å². The lowest BCUT2D eigenvalue weighted by Gasteiger charge is -2.27. The molecule has 1 rings (SSSR count). The number of aliphatic carboxylic acids is 1. The van der Waals surface area contributed by atoms with E-state index in [-0.39, 0.29) is 0 Å². The molecule has 6 nitrogen and oxygen atoms in total. The second kappa shape index (κ2) is 7.20. The monoisotopic (exact) mass is 258 g/mol. The highest BCUT2D eigenvalue weighted by Gasteiger charge is 2.21. The Morgan fingerprint density at radius 2 is 2.11 bits per heavy atom. The van der Waals surface area contributed by atoms with Crippen LogP contribution in [0.3, 0.4) is 0 Å². The Bertz CT molecular complexity index is 296. The topological polar surface area (TPSA) is 98.7 Å². The third kappa shape index (κ3) is 4.91. The van der Waals surface area contributed by atoms with Gasteiger partial charge in [0.2, 0.25) is 0 Å². The van der Waals surface area contributed by atoms with E-state index in [0.717, 1.165) is 12.8 Å². The fraction of sp³-hybridized carbons (Fsp3) is 0.833. The van der Waals surface area contributed by atoms with E-state index in [1.807, 2.05) is 0 Å². The van der Waals surface area contributed by atoms with E-state index in [0.29, 0.717) is 18.4 Å². The summed E-state index contributed by atoms with van der Waals surface area (Å²) in [6, 6.07) is -1.77. The minimum atomic E-state index is -1.24. The highest BCUT2D eigenvalue weighted by atomic mass is 16.4. The molecule has 0 radical (unpaired) electrons. The van der Waals surface area contributed by atoms with Crippen LogP contribution in [0.5, 0.6) is 0 Å². The van der Waals surface area contributed by atoms with Crippen molar-refractivity contribution in [2.24, 2.45) is 11.8 Å². The Balaban J connectivity index is 2.25. The predicted octanol–water partition coefficient (Wildman–Crippen LogP) is 0.557. The van der Waals surface area contributed by atoms with Crippen LogP contribution in [0.15, 0.2) is 0 Å². The molecule has 0 bridgehead atoms. The van der Waals surface area contributed by atoms with Crippen molar-refractivity contribution in [3.05, 3.63) is 0 Å². The molecule has 6 heteroatoms. The summed E-state index contributed by atoms with van der Waals surface area (Å²) in [4.78, 5) is 22.1. The first-order valence-corrected chi connectivity index (χ1v) is 6.41. The van der Waals surface area contributed by atoms with Crippen molar-refractivity contribution < 1.29 is 19.8 Å². The fourth-order valence-corrected chi connectivity index (χ4v) is 2.38. The number of hydrogen-bond acceptors (Lipinski definition) is 3. The molecule has 18 heavy (non-hydrogen) atoms. The molecule has 0 aromatic rings. The van der Waals surface area contributed by atoms with Gasteiger partial charge in [-0.1, -0.05) is 19.8 Å². The molecule has 1 fully saturated rings. The van der Waals surface area contributed by atoms with Crippen LogP contribution in [0.2, 0.25) is 0 Å². The minimum Gasteiger partial charge on any atom is -0.480 e. The number of carbonyl (C=O) groups excluding carboxylic acids is 1. The molecule has 3 atom stereocenters. The van der Waals surface area contributed by atoms with Gasteiger partial charge in [-0.15, -0.1) is 0 Å². The van der Waals surface area contributed by atoms with E-state index in [1.54, 1.807) is 0 Å². The van der Waals surface area contributed by atoms with Gasteiger partial charge in [-0.2, -0.15) is 0 Å². The molecule has 1 aliphatic carbocycles. The van der Waals surface area contributed by atoms with E-state index >= 15 is 0 Å². The van der Waals surface area contributed by atoms with Crippen molar-refractivity contribution in [1.82, 2.24) is 10.6 Å². The van der Waals surface area contributed by atoms with Gasteiger partial charge in [0.15, 0.2) is 6.04 Å². The number of carbonyl (C=O) groups is 2. The maximum atomic E-state index is 11.4. The summed E-state index contributed by atoms with van der Waals surface area (Å²) in [6.07, 6.45) is 4.63. The lowest BCUT2D eigenvalue weighted by molar-refractivity contribution is -0.140. The minimum absolute atomic E-state index is 0.469. The molecule has 4 N–H and O–H groups in total. The molecular formula is C12H22N2O4. The van der Waals surface area contributed by atoms with E-state index in [9.17, 15) is 9.59 Å². The SMILES string of the molecule is CC1CCCC(CNC(=O)N[C@@H](CO)C(=O)O)C1. The summed E-state index contributed by atoms with van der Waals surface area (Å²) in [7, 11) is 0. The Morgan fingerprint density at radius 3 is 2.67 bits per heavy atom. The van der Waals surface area contributed by atoms with Crippen LogP contribution in [-0.2, 0) is 4.79 Å². The smallest absolute Gasteiger partial charge is 0.328 e. The van der Waals surface area contributed by atoms with Gasteiger partial charge in [0.1, 0.15) is 0 Å². The lowest BCUT2D eigenvalue weighted by atomic mass is 9.82. The lowest BCUT2D eigenvalue weighted by Crippen LogP contribution is -2.48. The number of carboxylic acids is 1. The molecule has 0 heterocycles. The summed E-state index contributed by atoms with van der Waals surface area (Å²) in [5.41, 5.74) is 0. The largest absolute Gasteiger partial charge is 0.480 e. The summed E-state index contributed by atoms with van der Waals surface area (Å²) in [5.74, 6) is -0.0753. The van der Waals surface area contributed by atoms with Crippen molar-refractivity contribution in [2.45, 2.75) is 38.6 Å². The third-order valence-electron chi connectivity index (χ3n) is 3.38. The van der Waals surface area contributed by atoms with Crippen LogP contribution in [0.1, 0.15) is 32.6 Å². The number of nitrogens with one attached hydrogen (secondary N) is 2. The average Bonchev–Trinajstić information content (AvgIpc) is 2.33. The molecular weight excluding hydrogens is 236 g/mol. The van der Waals surface area contributed by atoms with Gasteiger partial charge in [0, 0.05) is 6.54 Å². The van der Waals surface area contributed by atoms with E-state index < -0.39 is 24.6 Å². The number of carboxylic acid groups (broad SMARTS) is 1. The second-order valence-electron chi connectivity index (χ2n) is 5.07. The van der Waals surface area contributed by atoms with Gasteiger partial charge in [-0.3, -0.25) is 0 Å². The normalized spacial score (nSPS) is 25.2. The molecule has 2 unspecified atom stereocenters. The standard InChI is InChI=1S/C12H22N2O4/c1-8-3-2-4-9(5-8)6-13-12(18)14-10(7-15)11(16)17/h8-10,15H,2-7H2,1H3,(H,16,17)(H2,13,14,18)/t8?,9?,10-/m0/s1. The molecule has 0 saturated heterocycles. The van der Waals surface area contributed by atoms with E-state index in [1.165, 1.54) is 12.8 Å². The first-order chi connectivity index (χ1) is 8.52. The number of urea groups is 1. The Morgan fingerprint density at radius 1 is 1.39 bits per heavy atom. The Kier molecular flexibility index (Phi) is 5.91. The first-order valence-electron chi connectivity index (χ1n) is 6.41. The molecule has 1 aliphatic rings. The van der Waals surface area contributed by atoms with Crippen molar-refractivity contribution in [1.29, 1.82) is 0 Å².